The Hall–Kier alpha value is -8.78. The third kappa shape index (κ3) is 12.5. The van der Waals surface area contributed by atoms with E-state index in [4.69, 9.17) is 5.73 Å². The van der Waals surface area contributed by atoms with Crippen LogP contribution in [0.4, 0.5) is 5.69 Å². The van der Waals surface area contributed by atoms with Crippen LogP contribution in [0.3, 0.4) is 0 Å². The third-order valence-electron chi connectivity index (χ3n) is 16.0. The predicted molar refractivity (Wildman–Crippen MR) is 308 cm³/mol. The number of aryl methyl sites for hydroxylation is 4. The van der Waals surface area contributed by atoms with Crippen molar-refractivity contribution in [2.45, 2.75) is 120 Å². The zero-order valence-corrected chi connectivity index (χ0v) is 46.5. The zero-order valence-electron chi connectivity index (χ0n) is 45.6. The van der Waals surface area contributed by atoms with Gasteiger partial charge in [0.05, 0.1) is 22.8 Å². The smallest absolute Gasteiger partial charge is 0.370 e. The number of nitrogens with zero attached hydrogens (tertiary/aromatic N) is 3. The van der Waals surface area contributed by atoms with Gasteiger partial charge >= 0.3 is 13.3 Å². The summed E-state index contributed by atoms with van der Waals surface area (Å²) < 4.78 is 14.7. The summed E-state index contributed by atoms with van der Waals surface area (Å²) in [5, 5.41) is 11.5. The maximum atomic E-state index is 15.0. The van der Waals surface area contributed by atoms with Crippen LogP contribution in [0.15, 0.2) is 120 Å². The number of fused-ring (bicyclic) bond motifs is 2. The van der Waals surface area contributed by atoms with Crippen molar-refractivity contribution in [1.82, 2.24) is 35.4 Å². The molecule has 0 aliphatic carbocycles. The predicted octanol–water partition coefficient (Wildman–Crippen LogP) is 5.51. The molecule has 4 atom stereocenters. The molecule has 1 saturated heterocycles. The van der Waals surface area contributed by atoms with Crippen LogP contribution in [-0.4, -0.2) is 88.9 Å². The maximum Gasteiger partial charge on any atom is 0.396 e. The largest absolute Gasteiger partial charge is 0.396 e. The molecule has 2 aromatic heterocycles. The van der Waals surface area contributed by atoms with Crippen molar-refractivity contribution in [1.29, 1.82) is 0 Å². The summed E-state index contributed by atoms with van der Waals surface area (Å²) >= 11 is 0. The Balaban J connectivity index is 0.846. The van der Waals surface area contributed by atoms with Crippen LogP contribution < -0.4 is 37.6 Å². The fourth-order valence-electron chi connectivity index (χ4n) is 11.8. The highest BCUT2D eigenvalue weighted by Crippen LogP contribution is 2.42. The fraction of sp³-hybridized carbons (Fsp3) is 0.328. The molecule has 3 aliphatic rings. The van der Waals surface area contributed by atoms with E-state index < -0.39 is 78.8 Å². The summed E-state index contributed by atoms with van der Waals surface area (Å²) in [7, 11) is -3.41. The number of nitrogens with two attached hydrogens (primary N) is 1. The molecule has 0 saturated carbocycles. The standard InChI is InChI=1S/C61H64N9O12P/c1-68-49-31-35(19-25-47(49)69(61(68)79)48-26-28-52(72)66-57(48)75)13-7-3-2-4-8-14-36-29-39-20-23-45(65-56(74)46-33-41-32-40(21-22-43(41)63-46)60(78)83(80,81)82)59(77)70-50(34-42(30-36)54(39)70)58(76)64-44(24-27-51(62)71)55(73)67-53(37-15-9-5-10-16-37)38-17-11-6-12-18-38/h5-6,9-12,15-19,21-22,25,29-33,44-45,48,50,53,63H,2-4,7-8,13-14,20,23-24,26-28,34H2,1H3,(H2,62,71)(H,64,76)(H,65,74)(H,67,73)(H,66,72,75)(H2,80,81,82)/t44-,45-,48?,50-/m0/s1. The van der Waals surface area contributed by atoms with Gasteiger partial charge in [0.25, 0.3) is 11.4 Å². The summed E-state index contributed by atoms with van der Waals surface area (Å²) in [5.74, 6) is -3.97. The van der Waals surface area contributed by atoms with Gasteiger partial charge in [-0.2, -0.15) is 0 Å². The van der Waals surface area contributed by atoms with Crippen LogP contribution in [0.5, 0.6) is 0 Å². The van der Waals surface area contributed by atoms with Gasteiger partial charge < -0.3 is 36.5 Å². The zero-order chi connectivity index (χ0) is 58.7. The van der Waals surface area contributed by atoms with E-state index in [1.807, 2.05) is 91.0 Å². The number of amides is 7. The Morgan fingerprint density at radius 2 is 1.42 bits per heavy atom. The van der Waals surface area contributed by atoms with Gasteiger partial charge in [0, 0.05) is 42.8 Å². The second kappa shape index (κ2) is 24.4. The van der Waals surface area contributed by atoms with E-state index in [-0.39, 0.29) is 61.4 Å². The number of rotatable bonds is 22. The number of H-pyrrole nitrogens is 1. The number of nitrogens with one attached hydrogen (secondary N) is 5. The highest BCUT2D eigenvalue weighted by molar-refractivity contribution is 7.70. The first-order valence-electron chi connectivity index (χ1n) is 27.9. The molecule has 0 bridgehead atoms. The van der Waals surface area contributed by atoms with Gasteiger partial charge in [0.15, 0.2) is 0 Å². The summed E-state index contributed by atoms with van der Waals surface area (Å²) in [6.07, 6.45) is 6.77. The van der Waals surface area contributed by atoms with Crippen molar-refractivity contribution in [3.8, 4) is 0 Å². The van der Waals surface area contributed by atoms with Gasteiger partial charge in [0.1, 0.15) is 29.9 Å². The Kier molecular flexibility index (Phi) is 16.9. The lowest BCUT2D eigenvalue weighted by Crippen LogP contribution is -2.57. The summed E-state index contributed by atoms with van der Waals surface area (Å²) in [5.41, 5.74) is 11.2. The minimum atomic E-state index is -5.09. The normalized spacial score (nSPS) is 17.3. The molecule has 3 aliphatic heterocycles. The van der Waals surface area contributed by atoms with E-state index in [2.05, 4.69) is 26.3 Å². The molecule has 9 N–H and O–H groups in total. The molecular formula is C61H64N9O12P. The van der Waals surface area contributed by atoms with Crippen LogP contribution in [0.25, 0.3) is 21.9 Å². The average Bonchev–Trinajstić information content (AvgIpc) is 3.34. The monoisotopic (exact) mass is 1150 g/mol. The first-order valence-corrected chi connectivity index (χ1v) is 29.5. The van der Waals surface area contributed by atoms with Crippen LogP contribution >= 0.6 is 7.60 Å². The first-order chi connectivity index (χ1) is 39.8. The number of carbonyl (C=O) groups is 8. The van der Waals surface area contributed by atoms with Gasteiger partial charge in [-0.15, -0.1) is 0 Å². The number of carbonyl (C=O) groups excluding carboxylic acids is 8. The third-order valence-corrected chi connectivity index (χ3v) is 16.8. The summed E-state index contributed by atoms with van der Waals surface area (Å²) in [6, 6.07) is 28.9. The van der Waals surface area contributed by atoms with Crippen molar-refractivity contribution in [3.63, 3.8) is 0 Å². The lowest BCUT2D eigenvalue weighted by Gasteiger charge is -2.29. The molecule has 7 aromatic rings. The Labute approximate surface area is 476 Å². The van der Waals surface area contributed by atoms with Gasteiger partial charge in [-0.1, -0.05) is 98.1 Å². The van der Waals surface area contributed by atoms with E-state index in [1.165, 1.54) is 38.3 Å². The minimum absolute atomic E-state index is 0.00971. The molecule has 10 rings (SSSR count). The molecule has 430 valence electrons. The Bertz CT molecular complexity index is 3790. The highest BCUT2D eigenvalue weighted by atomic mass is 31.2. The van der Waals surface area contributed by atoms with E-state index in [1.54, 1.807) is 7.05 Å². The van der Waals surface area contributed by atoms with Gasteiger partial charge in [0.2, 0.25) is 35.4 Å². The number of unbranched alkanes of at least 4 members (excludes halogenated alkanes) is 4. The lowest BCUT2D eigenvalue weighted by atomic mass is 9.95. The average molecular weight is 1150 g/mol. The van der Waals surface area contributed by atoms with Crippen molar-refractivity contribution in [2.24, 2.45) is 12.8 Å². The first kappa shape index (κ1) is 57.5. The molecule has 83 heavy (non-hydrogen) atoms. The van der Waals surface area contributed by atoms with Gasteiger partial charge in [-0.3, -0.25) is 62.3 Å². The maximum absolute atomic E-state index is 15.0. The van der Waals surface area contributed by atoms with Crippen molar-refractivity contribution < 1.29 is 52.7 Å². The number of aromatic amines is 1. The number of aromatic nitrogens is 3. The van der Waals surface area contributed by atoms with Gasteiger partial charge in [-0.05, 0) is 121 Å². The van der Waals surface area contributed by atoms with Crippen LogP contribution in [-0.2, 0) is 66.1 Å². The quantitative estimate of drug-likeness (QED) is 0.0237. The second-order valence-electron chi connectivity index (χ2n) is 21.7. The number of hydrogen-bond donors (Lipinski definition) is 8. The number of hydrogen-bond acceptors (Lipinski definition) is 10. The topological polar surface area (TPSA) is 314 Å². The van der Waals surface area contributed by atoms with E-state index in [0.29, 0.717) is 34.9 Å². The fourth-order valence-corrected chi connectivity index (χ4v) is 12.3. The summed E-state index contributed by atoms with van der Waals surface area (Å²) in [4.78, 5) is 144. The van der Waals surface area contributed by atoms with Crippen LogP contribution in [0, 0.1) is 0 Å². The Morgan fingerprint density at radius 1 is 0.747 bits per heavy atom. The van der Waals surface area contributed by atoms with E-state index in [0.717, 1.165) is 77.4 Å². The van der Waals surface area contributed by atoms with E-state index >= 15 is 4.79 Å². The molecule has 22 heteroatoms. The van der Waals surface area contributed by atoms with Crippen molar-refractivity contribution in [3.05, 3.63) is 170 Å². The molecule has 5 aromatic carbocycles. The number of piperidine rings is 1. The van der Waals surface area contributed by atoms with Gasteiger partial charge in [-0.25, -0.2) is 4.79 Å². The number of primary amides is 1. The van der Waals surface area contributed by atoms with Crippen LogP contribution in [0.2, 0.25) is 0 Å². The number of benzene rings is 5. The molecule has 0 spiro atoms. The van der Waals surface area contributed by atoms with E-state index in [9.17, 15) is 52.7 Å². The molecule has 5 heterocycles. The molecule has 1 fully saturated rings. The Morgan fingerprint density at radius 3 is 2.10 bits per heavy atom. The molecule has 7 amide bonds. The van der Waals surface area contributed by atoms with Crippen molar-refractivity contribution >= 4 is 82.1 Å². The lowest BCUT2D eigenvalue weighted by molar-refractivity contribution is -0.136. The molecule has 1 unspecified atom stereocenters. The second-order valence-corrected chi connectivity index (χ2v) is 23.2. The number of anilines is 1. The van der Waals surface area contributed by atoms with Crippen LogP contribution in [0.1, 0.15) is 131 Å². The molecule has 21 nitrogen and oxygen atoms in total. The minimum Gasteiger partial charge on any atom is -0.370 e. The number of imide groups is 1. The molecular weight excluding hydrogens is 1080 g/mol. The SMILES string of the molecule is Cn1c(=O)n(C2CCC(=O)NC2=O)c2ccc(CCCCCCCc3cc4c5c(c3)C[C@@H](C(=O)N[C@@H](CCC(N)=O)C(=O)NC(c3ccccc3)c3ccccc3)N5C(=O)[C@@H](NC(=O)c3cc5cc(C(=O)P(=O)(O)O)ccc5[nH]3)CC4)cc21. The summed E-state index contributed by atoms with van der Waals surface area (Å²) in [6.45, 7) is 0. The number of imidazole rings is 1. The molecule has 0 radical (unpaired) electrons. The van der Waals surface area contributed by atoms with Crippen molar-refractivity contribution in [2.75, 3.05) is 4.90 Å². The highest BCUT2D eigenvalue weighted by Gasteiger charge is 2.45.